The van der Waals surface area contributed by atoms with E-state index in [2.05, 4.69) is 64.0 Å². The Labute approximate surface area is 177 Å². The van der Waals surface area contributed by atoms with Crippen molar-refractivity contribution in [1.29, 1.82) is 0 Å². The van der Waals surface area contributed by atoms with Crippen molar-refractivity contribution in [3.8, 4) is 0 Å². The molecule has 0 aliphatic carbocycles. The van der Waals surface area contributed by atoms with Crippen molar-refractivity contribution in [3.05, 3.63) is 57.9 Å². The van der Waals surface area contributed by atoms with Crippen LogP contribution in [0.1, 0.15) is 54.5 Å². The minimum absolute atomic E-state index is 0.0887. The van der Waals surface area contributed by atoms with Gasteiger partial charge in [0.15, 0.2) is 0 Å². The fourth-order valence-corrected chi connectivity index (χ4v) is 5.32. The number of rotatable bonds is 8. The monoisotopic (exact) mass is 409 g/mol. The summed E-state index contributed by atoms with van der Waals surface area (Å²) in [6.45, 7) is 6.22. The van der Waals surface area contributed by atoms with Gasteiger partial charge in [0.2, 0.25) is 5.91 Å². The molecule has 2 N–H and O–H groups in total. The zero-order chi connectivity index (χ0) is 20.1. The Morgan fingerprint density at radius 2 is 2.07 bits per heavy atom. The molecule has 0 spiro atoms. The van der Waals surface area contributed by atoms with Gasteiger partial charge in [0, 0.05) is 47.4 Å². The van der Waals surface area contributed by atoms with Gasteiger partial charge in [0.1, 0.15) is 0 Å². The number of carbonyl (C=O) groups excluding carboxylic acids is 1. The highest BCUT2D eigenvalue weighted by Crippen LogP contribution is 2.36. The third kappa shape index (κ3) is 4.73. The van der Waals surface area contributed by atoms with Gasteiger partial charge in [-0.3, -0.25) is 4.79 Å². The van der Waals surface area contributed by atoms with Crippen LogP contribution < -0.4 is 5.32 Å². The largest absolute Gasteiger partial charge is 0.361 e. The molecular weight excluding hydrogens is 378 g/mol. The molecule has 0 bridgehead atoms. The summed E-state index contributed by atoms with van der Waals surface area (Å²) in [4.78, 5) is 20.0. The number of nitrogens with zero attached hydrogens (tertiary/aromatic N) is 1. The second kappa shape index (κ2) is 9.59. The van der Waals surface area contributed by atoms with Gasteiger partial charge >= 0.3 is 0 Å². The Kier molecular flexibility index (Phi) is 6.67. The highest BCUT2D eigenvalue weighted by atomic mass is 32.1. The minimum Gasteiger partial charge on any atom is -0.361 e. The fourth-order valence-electron chi connectivity index (χ4n) is 4.47. The quantitative estimate of drug-likeness (QED) is 0.555. The van der Waals surface area contributed by atoms with Crippen LogP contribution in [0.25, 0.3) is 10.9 Å². The molecule has 1 unspecified atom stereocenters. The molecule has 0 saturated carbocycles. The summed E-state index contributed by atoms with van der Waals surface area (Å²) in [5.41, 5.74) is 3.76. The molecule has 2 aromatic heterocycles. The number of aryl methyl sites for hydroxylation is 1. The summed E-state index contributed by atoms with van der Waals surface area (Å²) in [5.74, 6) is 0.229. The average Bonchev–Trinajstić information content (AvgIpc) is 3.43. The van der Waals surface area contributed by atoms with Crippen molar-refractivity contribution in [2.75, 3.05) is 26.2 Å². The predicted octanol–water partition coefficient (Wildman–Crippen LogP) is 4.92. The minimum atomic E-state index is 0.0887. The standard InChI is InChI=1S/C24H31N3OS/c1-2-18-8-6-9-19-21(17-26-24(18)19)20(22-10-7-15-29-22)16-23(28)25-11-14-27-12-4-3-5-13-27/h6-10,15,17,20,26H,2-5,11-14,16H2,1H3,(H,25,28). The van der Waals surface area contributed by atoms with Crippen LogP contribution in [-0.2, 0) is 11.2 Å². The summed E-state index contributed by atoms with van der Waals surface area (Å²) >= 11 is 1.73. The number of piperidine rings is 1. The third-order valence-electron chi connectivity index (χ3n) is 6.07. The maximum absolute atomic E-state index is 12.8. The molecule has 1 amide bonds. The van der Waals surface area contributed by atoms with Gasteiger partial charge in [-0.1, -0.05) is 37.6 Å². The van der Waals surface area contributed by atoms with Crippen molar-refractivity contribution in [2.24, 2.45) is 0 Å². The van der Waals surface area contributed by atoms with Gasteiger partial charge in [-0.2, -0.15) is 0 Å². The molecule has 29 heavy (non-hydrogen) atoms. The molecule has 1 aliphatic heterocycles. The summed E-state index contributed by atoms with van der Waals surface area (Å²) in [6, 6.07) is 10.7. The van der Waals surface area contributed by atoms with Crippen LogP contribution in [-0.4, -0.2) is 42.0 Å². The number of amides is 1. The third-order valence-corrected chi connectivity index (χ3v) is 7.05. The van der Waals surface area contributed by atoms with Gasteiger partial charge in [-0.25, -0.2) is 0 Å². The molecule has 1 saturated heterocycles. The molecule has 1 atom stereocenters. The van der Waals surface area contributed by atoms with Crippen LogP contribution in [0.5, 0.6) is 0 Å². The number of hydrogen-bond donors (Lipinski definition) is 2. The van der Waals surface area contributed by atoms with Gasteiger partial charge in [-0.05, 0) is 54.9 Å². The summed E-state index contributed by atoms with van der Waals surface area (Å²) in [5, 5.41) is 6.51. The lowest BCUT2D eigenvalue weighted by Crippen LogP contribution is -2.38. The fraction of sp³-hybridized carbons (Fsp3) is 0.458. The lowest BCUT2D eigenvalue weighted by molar-refractivity contribution is -0.121. The molecule has 1 aromatic carbocycles. The number of thiophene rings is 1. The number of aromatic amines is 1. The maximum Gasteiger partial charge on any atom is 0.221 e. The molecule has 154 valence electrons. The Hall–Kier alpha value is -2.11. The number of nitrogens with one attached hydrogen (secondary N) is 2. The van der Waals surface area contributed by atoms with Gasteiger partial charge in [0.25, 0.3) is 0 Å². The molecular formula is C24H31N3OS. The maximum atomic E-state index is 12.8. The number of hydrogen-bond acceptors (Lipinski definition) is 3. The van der Waals surface area contributed by atoms with Crippen LogP contribution in [0.4, 0.5) is 0 Å². The molecule has 5 heteroatoms. The number of aromatic nitrogens is 1. The van der Waals surface area contributed by atoms with Crippen molar-refractivity contribution in [3.63, 3.8) is 0 Å². The Morgan fingerprint density at radius 3 is 2.83 bits per heavy atom. The molecule has 3 aromatic rings. The number of likely N-dealkylation sites (tertiary alicyclic amines) is 1. The molecule has 0 radical (unpaired) electrons. The molecule has 1 aliphatic rings. The SMILES string of the molecule is CCc1cccc2c(C(CC(=O)NCCN3CCCCC3)c3cccs3)c[nH]c12. The van der Waals surface area contributed by atoms with Crippen molar-refractivity contribution in [2.45, 2.75) is 44.9 Å². The smallest absolute Gasteiger partial charge is 0.221 e. The zero-order valence-corrected chi connectivity index (χ0v) is 18.1. The second-order valence-electron chi connectivity index (χ2n) is 7.96. The lowest BCUT2D eigenvalue weighted by Gasteiger charge is -2.26. The van der Waals surface area contributed by atoms with E-state index < -0.39 is 0 Å². The van der Waals surface area contributed by atoms with Gasteiger partial charge in [0.05, 0.1) is 0 Å². The highest BCUT2D eigenvalue weighted by Gasteiger charge is 2.23. The van der Waals surface area contributed by atoms with E-state index in [0.717, 1.165) is 19.5 Å². The topological polar surface area (TPSA) is 48.1 Å². The first kappa shape index (κ1) is 20.2. The van der Waals surface area contributed by atoms with E-state index in [-0.39, 0.29) is 11.8 Å². The first-order valence-electron chi connectivity index (χ1n) is 10.9. The molecule has 4 nitrogen and oxygen atoms in total. The van der Waals surface area contributed by atoms with Gasteiger partial charge < -0.3 is 15.2 Å². The Balaban J connectivity index is 1.48. The number of para-hydroxylation sites is 1. The number of benzene rings is 1. The predicted molar refractivity (Wildman–Crippen MR) is 122 cm³/mol. The van der Waals surface area contributed by atoms with Crippen molar-refractivity contribution in [1.82, 2.24) is 15.2 Å². The van der Waals surface area contributed by atoms with E-state index in [1.54, 1.807) is 11.3 Å². The van der Waals surface area contributed by atoms with Crippen LogP contribution >= 0.6 is 11.3 Å². The van der Waals surface area contributed by atoms with Crippen LogP contribution in [0.3, 0.4) is 0 Å². The van der Waals surface area contributed by atoms with E-state index in [4.69, 9.17) is 0 Å². The number of fused-ring (bicyclic) bond motifs is 1. The first-order chi connectivity index (χ1) is 14.3. The average molecular weight is 410 g/mol. The highest BCUT2D eigenvalue weighted by molar-refractivity contribution is 7.10. The molecule has 3 heterocycles. The number of H-pyrrole nitrogens is 1. The van der Waals surface area contributed by atoms with E-state index >= 15 is 0 Å². The zero-order valence-electron chi connectivity index (χ0n) is 17.2. The van der Waals surface area contributed by atoms with E-state index in [0.29, 0.717) is 6.42 Å². The van der Waals surface area contributed by atoms with Gasteiger partial charge in [-0.15, -0.1) is 11.3 Å². The Bertz CT molecular complexity index is 925. The Morgan fingerprint density at radius 1 is 1.21 bits per heavy atom. The van der Waals surface area contributed by atoms with E-state index in [9.17, 15) is 4.79 Å². The van der Waals surface area contributed by atoms with Crippen LogP contribution in [0.2, 0.25) is 0 Å². The van der Waals surface area contributed by atoms with Crippen LogP contribution in [0, 0.1) is 0 Å². The summed E-state index contributed by atoms with van der Waals surface area (Å²) in [6.07, 6.45) is 7.51. The summed E-state index contributed by atoms with van der Waals surface area (Å²) < 4.78 is 0. The van der Waals surface area contributed by atoms with Crippen molar-refractivity contribution >= 4 is 28.1 Å². The molecule has 4 rings (SSSR count). The normalized spacial score (nSPS) is 16.2. The summed E-state index contributed by atoms with van der Waals surface area (Å²) in [7, 11) is 0. The number of carbonyl (C=O) groups is 1. The lowest BCUT2D eigenvalue weighted by atomic mass is 9.92. The first-order valence-corrected chi connectivity index (χ1v) is 11.8. The molecule has 1 fully saturated rings. The van der Waals surface area contributed by atoms with Crippen LogP contribution in [0.15, 0.2) is 41.9 Å². The van der Waals surface area contributed by atoms with E-state index in [1.807, 2.05) is 0 Å². The second-order valence-corrected chi connectivity index (χ2v) is 8.94. The van der Waals surface area contributed by atoms with E-state index in [1.165, 1.54) is 59.3 Å². The van der Waals surface area contributed by atoms with Crippen molar-refractivity contribution < 1.29 is 4.79 Å².